The number of benzene rings is 1. The fraction of sp³-hybridized carbons (Fsp3) is 0.538. The normalized spacial score (nSPS) is 11.8. The number of nitrogen functional groups attached to an aromatic ring is 1. The lowest BCUT2D eigenvalue weighted by Crippen LogP contribution is -2.30. The van der Waals surface area contributed by atoms with Crippen LogP contribution in [0.3, 0.4) is 0 Å². The maximum absolute atomic E-state index is 12.1. The lowest BCUT2D eigenvalue weighted by molar-refractivity contribution is 0.585. The molecule has 1 rings (SSSR count). The summed E-state index contributed by atoms with van der Waals surface area (Å²) >= 11 is 0. The molecule has 0 radical (unpaired) electrons. The highest BCUT2D eigenvalue weighted by Gasteiger charge is 2.20. The second-order valence-corrected chi connectivity index (χ2v) is 6.72. The first kappa shape index (κ1) is 15.8. The number of nitrogens with two attached hydrogens (primary N) is 1. The highest BCUT2D eigenvalue weighted by molar-refractivity contribution is 7.89. The van der Waals surface area contributed by atoms with Gasteiger partial charge in [0.2, 0.25) is 10.0 Å². The van der Waals surface area contributed by atoms with Crippen LogP contribution in [0.15, 0.2) is 23.1 Å². The van der Waals surface area contributed by atoms with Crippen molar-refractivity contribution in [2.24, 2.45) is 5.92 Å². The molecule has 0 aliphatic heterocycles. The van der Waals surface area contributed by atoms with Gasteiger partial charge in [-0.3, -0.25) is 0 Å². The zero-order valence-electron chi connectivity index (χ0n) is 12.0. The Morgan fingerprint density at radius 2 is 2.00 bits per heavy atom. The minimum atomic E-state index is -3.51. The van der Waals surface area contributed by atoms with E-state index in [2.05, 4.69) is 18.6 Å². The first-order valence-electron chi connectivity index (χ1n) is 6.39. The van der Waals surface area contributed by atoms with Crippen molar-refractivity contribution in [2.45, 2.75) is 25.7 Å². The van der Waals surface area contributed by atoms with Gasteiger partial charge in [-0.15, -0.1) is 0 Å². The van der Waals surface area contributed by atoms with Crippen LogP contribution in [0.2, 0.25) is 0 Å². The number of hydrogen-bond donors (Lipinski definition) is 2. The molecule has 0 spiro atoms. The van der Waals surface area contributed by atoms with Gasteiger partial charge in [-0.25, -0.2) is 13.1 Å². The van der Waals surface area contributed by atoms with Gasteiger partial charge in [0.1, 0.15) is 4.90 Å². The molecule has 0 fully saturated rings. The van der Waals surface area contributed by atoms with E-state index in [4.69, 9.17) is 5.73 Å². The van der Waals surface area contributed by atoms with Crippen LogP contribution in [0.4, 0.5) is 11.4 Å². The minimum absolute atomic E-state index is 0.234. The van der Waals surface area contributed by atoms with Gasteiger partial charge in [-0.2, -0.15) is 0 Å². The van der Waals surface area contributed by atoms with E-state index in [1.54, 1.807) is 12.1 Å². The Morgan fingerprint density at radius 1 is 1.37 bits per heavy atom. The van der Waals surface area contributed by atoms with E-state index in [-0.39, 0.29) is 4.90 Å². The summed E-state index contributed by atoms with van der Waals surface area (Å²) in [5, 5.41) is 0. The maximum atomic E-state index is 12.1. The summed E-state index contributed by atoms with van der Waals surface area (Å²) in [6.07, 6.45) is 0. The van der Waals surface area contributed by atoms with Gasteiger partial charge in [-0.05, 0) is 38.1 Å². The van der Waals surface area contributed by atoms with Crippen LogP contribution >= 0.6 is 0 Å². The first-order chi connectivity index (χ1) is 8.81. The molecule has 5 nitrogen and oxygen atoms in total. The summed E-state index contributed by atoms with van der Waals surface area (Å²) in [5.74, 6) is 0.447. The topological polar surface area (TPSA) is 75.4 Å². The molecule has 1 aromatic rings. The van der Waals surface area contributed by atoms with E-state index < -0.39 is 10.0 Å². The van der Waals surface area contributed by atoms with Crippen LogP contribution in [0.1, 0.15) is 20.8 Å². The van der Waals surface area contributed by atoms with E-state index in [1.165, 1.54) is 13.1 Å². The van der Waals surface area contributed by atoms with E-state index in [0.717, 1.165) is 13.1 Å². The smallest absolute Gasteiger partial charge is 0.242 e. The summed E-state index contributed by atoms with van der Waals surface area (Å²) < 4.78 is 26.5. The van der Waals surface area contributed by atoms with Crippen LogP contribution < -0.4 is 15.4 Å². The molecule has 0 amide bonds. The molecule has 19 heavy (non-hydrogen) atoms. The Hall–Kier alpha value is -1.27. The third-order valence-corrected chi connectivity index (χ3v) is 4.29. The van der Waals surface area contributed by atoms with Crippen molar-refractivity contribution >= 4 is 21.4 Å². The van der Waals surface area contributed by atoms with Crippen LogP contribution in [0, 0.1) is 5.92 Å². The quantitative estimate of drug-likeness (QED) is 0.779. The van der Waals surface area contributed by atoms with Crippen LogP contribution in [-0.4, -0.2) is 28.6 Å². The molecule has 0 saturated heterocycles. The third kappa shape index (κ3) is 3.84. The van der Waals surface area contributed by atoms with Crippen molar-refractivity contribution in [2.75, 3.05) is 30.8 Å². The Bertz CT molecular complexity index is 527. The van der Waals surface area contributed by atoms with Crippen molar-refractivity contribution in [3.63, 3.8) is 0 Å². The highest BCUT2D eigenvalue weighted by Crippen LogP contribution is 2.27. The first-order valence-corrected chi connectivity index (χ1v) is 7.88. The Morgan fingerprint density at radius 3 is 2.47 bits per heavy atom. The number of nitrogens with zero attached hydrogens (tertiary/aromatic N) is 1. The number of hydrogen-bond acceptors (Lipinski definition) is 4. The van der Waals surface area contributed by atoms with Gasteiger partial charge in [0, 0.05) is 18.8 Å². The SMILES string of the molecule is CCN(CC(C)C)c1ccc(N)cc1S(=O)(=O)NC. The molecular formula is C13H23N3O2S. The van der Waals surface area contributed by atoms with Gasteiger partial charge in [0.25, 0.3) is 0 Å². The zero-order valence-corrected chi connectivity index (χ0v) is 12.8. The molecule has 6 heteroatoms. The Kier molecular flexibility index (Phi) is 5.20. The monoisotopic (exact) mass is 285 g/mol. The molecule has 3 N–H and O–H groups in total. The fourth-order valence-corrected chi connectivity index (χ4v) is 2.94. The van der Waals surface area contributed by atoms with Crippen LogP contribution in [0.25, 0.3) is 0 Å². The van der Waals surface area contributed by atoms with Crippen molar-refractivity contribution in [3.8, 4) is 0 Å². The predicted octanol–water partition coefficient (Wildman–Crippen LogP) is 1.66. The van der Waals surface area contributed by atoms with E-state index in [0.29, 0.717) is 17.3 Å². The molecule has 0 bridgehead atoms. The van der Waals surface area contributed by atoms with Gasteiger partial charge in [-0.1, -0.05) is 13.8 Å². The summed E-state index contributed by atoms with van der Waals surface area (Å²) in [6, 6.07) is 5.00. The number of anilines is 2. The van der Waals surface area contributed by atoms with Crippen molar-refractivity contribution in [1.82, 2.24) is 4.72 Å². The largest absolute Gasteiger partial charge is 0.399 e. The standard InChI is InChI=1S/C13H23N3O2S/c1-5-16(9-10(2)3)12-7-6-11(14)8-13(12)19(17,18)15-4/h6-8,10,15H,5,9,14H2,1-4H3. The molecule has 0 saturated carbocycles. The zero-order chi connectivity index (χ0) is 14.6. The third-order valence-electron chi connectivity index (χ3n) is 2.85. The molecule has 0 unspecified atom stereocenters. The second kappa shape index (κ2) is 6.25. The number of rotatable bonds is 6. The second-order valence-electron chi connectivity index (χ2n) is 4.87. The van der Waals surface area contributed by atoms with E-state index in [9.17, 15) is 8.42 Å². The molecule has 1 aromatic carbocycles. The average molecular weight is 285 g/mol. The Labute approximate surface area is 115 Å². The summed E-state index contributed by atoms with van der Waals surface area (Å²) in [6.45, 7) is 7.76. The molecule has 0 atom stereocenters. The lowest BCUT2D eigenvalue weighted by atomic mass is 10.2. The average Bonchev–Trinajstić information content (AvgIpc) is 2.36. The summed E-state index contributed by atoms with van der Waals surface area (Å²) in [7, 11) is -2.11. The summed E-state index contributed by atoms with van der Waals surface area (Å²) in [4.78, 5) is 2.28. The highest BCUT2D eigenvalue weighted by atomic mass is 32.2. The lowest BCUT2D eigenvalue weighted by Gasteiger charge is -2.27. The summed E-state index contributed by atoms with van der Waals surface area (Å²) in [5.41, 5.74) is 6.85. The molecule has 0 aromatic heterocycles. The molecule has 0 heterocycles. The van der Waals surface area contributed by atoms with Gasteiger partial charge in [0.15, 0.2) is 0 Å². The van der Waals surface area contributed by atoms with Gasteiger partial charge >= 0.3 is 0 Å². The molecule has 0 aliphatic rings. The number of sulfonamides is 1. The Balaban J connectivity index is 3.34. The molecule has 108 valence electrons. The van der Waals surface area contributed by atoms with Crippen LogP contribution in [0.5, 0.6) is 0 Å². The minimum Gasteiger partial charge on any atom is -0.399 e. The predicted molar refractivity (Wildman–Crippen MR) is 79.8 cm³/mol. The maximum Gasteiger partial charge on any atom is 0.242 e. The van der Waals surface area contributed by atoms with Crippen molar-refractivity contribution < 1.29 is 8.42 Å². The number of nitrogens with one attached hydrogen (secondary N) is 1. The van der Waals surface area contributed by atoms with Crippen LogP contribution in [-0.2, 0) is 10.0 Å². The van der Waals surface area contributed by atoms with Gasteiger partial charge in [0.05, 0.1) is 5.69 Å². The van der Waals surface area contributed by atoms with Crippen molar-refractivity contribution in [1.29, 1.82) is 0 Å². The molecule has 0 aliphatic carbocycles. The van der Waals surface area contributed by atoms with Crippen molar-refractivity contribution in [3.05, 3.63) is 18.2 Å². The van der Waals surface area contributed by atoms with E-state index >= 15 is 0 Å². The fourth-order valence-electron chi connectivity index (χ4n) is 1.96. The van der Waals surface area contributed by atoms with Gasteiger partial charge < -0.3 is 10.6 Å². The molecular weight excluding hydrogens is 262 g/mol. The van der Waals surface area contributed by atoms with E-state index in [1.807, 2.05) is 11.8 Å².